The van der Waals surface area contributed by atoms with Crippen LogP contribution in [0.2, 0.25) is 0 Å². The molecular weight excluding hydrogens is 368 g/mol. The third-order valence-electron chi connectivity index (χ3n) is 5.01. The van der Waals surface area contributed by atoms with Crippen molar-refractivity contribution in [2.45, 2.75) is 45.7 Å². The highest BCUT2D eigenvalue weighted by molar-refractivity contribution is 7.10. The van der Waals surface area contributed by atoms with E-state index in [-0.39, 0.29) is 5.91 Å². The Labute approximate surface area is 171 Å². The Hall–Kier alpha value is -2.34. The molecule has 1 amide bonds. The van der Waals surface area contributed by atoms with Crippen LogP contribution in [0.25, 0.3) is 0 Å². The number of aliphatic imine (C=N–C) groups is 1. The molecule has 5 nitrogen and oxygen atoms in total. The second-order valence-electron chi connectivity index (χ2n) is 7.18. The van der Waals surface area contributed by atoms with E-state index < -0.39 is 0 Å². The number of nitrogens with zero attached hydrogens (tertiary/aromatic N) is 2. The van der Waals surface area contributed by atoms with Gasteiger partial charge in [0.1, 0.15) is 0 Å². The van der Waals surface area contributed by atoms with Gasteiger partial charge in [-0.1, -0.05) is 37.3 Å². The third-order valence-corrected chi connectivity index (χ3v) is 6.11. The molecule has 1 aromatic carbocycles. The van der Waals surface area contributed by atoms with Crippen molar-refractivity contribution in [3.8, 4) is 0 Å². The predicted octanol–water partition coefficient (Wildman–Crippen LogP) is 3.73. The fraction of sp³-hybridized carbons (Fsp3) is 0.455. The summed E-state index contributed by atoms with van der Waals surface area (Å²) in [6, 6.07) is 12.6. The zero-order valence-electron chi connectivity index (χ0n) is 16.8. The third kappa shape index (κ3) is 5.58. The van der Waals surface area contributed by atoms with Crippen LogP contribution in [0, 0.1) is 0 Å². The van der Waals surface area contributed by atoms with E-state index in [9.17, 15) is 4.79 Å². The summed E-state index contributed by atoms with van der Waals surface area (Å²) in [7, 11) is 0. The molecule has 1 fully saturated rings. The molecule has 6 heteroatoms. The van der Waals surface area contributed by atoms with Crippen LogP contribution in [0.15, 0.2) is 46.8 Å². The van der Waals surface area contributed by atoms with E-state index in [1.807, 2.05) is 17.0 Å². The smallest absolute Gasteiger partial charge is 0.222 e. The first-order valence-electron chi connectivity index (χ1n) is 10.1. The van der Waals surface area contributed by atoms with Crippen molar-refractivity contribution in [1.29, 1.82) is 0 Å². The highest BCUT2D eigenvalue weighted by Gasteiger charge is 2.20. The number of benzene rings is 1. The topological polar surface area (TPSA) is 56.7 Å². The molecule has 0 saturated carbocycles. The summed E-state index contributed by atoms with van der Waals surface area (Å²) in [6.07, 6.45) is 1.65. The van der Waals surface area contributed by atoms with Crippen LogP contribution in [-0.4, -0.2) is 36.4 Å². The van der Waals surface area contributed by atoms with Crippen LogP contribution in [0.3, 0.4) is 0 Å². The number of thiophene rings is 1. The Morgan fingerprint density at radius 1 is 1.21 bits per heavy atom. The molecule has 0 aliphatic carbocycles. The van der Waals surface area contributed by atoms with Gasteiger partial charge in [0, 0.05) is 43.4 Å². The molecule has 0 bridgehead atoms. The lowest BCUT2D eigenvalue weighted by Crippen LogP contribution is -2.39. The maximum Gasteiger partial charge on any atom is 0.222 e. The lowest BCUT2D eigenvalue weighted by atomic mass is 10.1. The van der Waals surface area contributed by atoms with Crippen molar-refractivity contribution in [1.82, 2.24) is 15.5 Å². The maximum absolute atomic E-state index is 12.0. The Kier molecular flexibility index (Phi) is 7.48. The van der Waals surface area contributed by atoms with Gasteiger partial charge in [-0.05, 0) is 35.9 Å². The van der Waals surface area contributed by atoms with Crippen molar-refractivity contribution >= 4 is 23.2 Å². The summed E-state index contributed by atoms with van der Waals surface area (Å²) in [6.45, 7) is 8.11. The second-order valence-corrected chi connectivity index (χ2v) is 8.16. The first kappa shape index (κ1) is 20.4. The molecule has 1 atom stereocenters. The molecule has 1 aliphatic heterocycles. The van der Waals surface area contributed by atoms with E-state index in [1.165, 1.54) is 16.0 Å². The van der Waals surface area contributed by atoms with Gasteiger partial charge in [-0.3, -0.25) is 4.79 Å². The van der Waals surface area contributed by atoms with Crippen LogP contribution in [0.4, 0.5) is 0 Å². The Morgan fingerprint density at radius 2 is 2.04 bits per heavy atom. The van der Waals surface area contributed by atoms with Gasteiger partial charge < -0.3 is 15.5 Å². The standard InChI is InChI=1S/C22H30N4OS/c1-3-23-22(24-14-17(2)20-10-7-13-28-20)25-15-18-8-4-5-9-19(18)16-26-12-6-11-21(26)27/h4-5,7-10,13,17H,3,6,11-12,14-16H2,1-2H3,(H2,23,24,25). The molecule has 1 unspecified atom stereocenters. The van der Waals surface area contributed by atoms with E-state index in [1.54, 1.807) is 11.3 Å². The maximum atomic E-state index is 12.0. The van der Waals surface area contributed by atoms with Gasteiger partial charge in [0.2, 0.25) is 5.91 Å². The molecule has 0 radical (unpaired) electrons. The average Bonchev–Trinajstić information content (AvgIpc) is 3.37. The van der Waals surface area contributed by atoms with Crippen molar-refractivity contribution in [3.05, 3.63) is 57.8 Å². The number of likely N-dealkylation sites (tertiary alicyclic amines) is 1. The zero-order chi connectivity index (χ0) is 19.8. The van der Waals surface area contributed by atoms with E-state index in [4.69, 9.17) is 4.99 Å². The number of guanidine groups is 1. The fourth-order valence-corrected chi connectivity index (χ4v) is 4.16. The van der Waals surface area contributed by atoms with Crippen LogP contribution in [0.1, 0.15) is 48.6 Å². The highest BCUT2D eigenvalue weighted by atomic mass is 32.1. The molecule has 2 aromatic rings. The molecule has 1 aliphatic rings. The SMILES string of the molecule is CCNC(=NCc1ccccc1CN1CCCC1=O)NCC(C)c1cccs1. The quantitative estimate of drug-likeness (QED) is 0.526. The number of nitrogens with one attached hydrogen (secondary N) is 2. The zero-order valence-corrected chi connectivity index (χ0v) is 17.6. The number of hydrogen-bond acceptors (Lipinski definition) is 3. The van der Waals surface area contributed by atoms with E-state index >= 15 is 0 Å². The number of carbonyl (C=O) groups is 1. The van der Waals surface area contributed by atoms with Crippen LogP contribution >= 0.6 is 11.3 Å². The molecule has 1 saturated heterocycles. The number of carbonyl (C=O) groups excluding carboxylic acids is 1. The van der Waals surface area contributed by atoms with Gasteiger partial charge in [-0.15, -0.1) is 11.3 Å². The first-order valence-corrected chi connectivity index (χ1v) is 11.0. The second kappa shape index (κ2) is 10.3. The lowest BCUT2D eigenvalue weighted by molar-refractivity contribution is -0.128. The molecular formula is C22H30N4OS. The largest absolute Gasteiger partial charge is 0.357 e. The molecule has 2 heterocycles. The summed E-state index contributed by atoms with van der Waals surface area (Å²) in [5.74, 6) is 1.53. The van der Waals surface area contributed by atoms with Crippen molar-refractivity contribution in [2.24, 2.45) is 4.99 Å². The Morgan fingerprint density at radius 3 is 2.71 bits per heavy atom. The van der Waals surface area contributed by atoms with Crippen molar-refractivity contribution in [2.75, 3.05) is 19.6 Å². The van der Waals surface area contributed by atoms with Gasteiger partial charge in [-0.2, -0.15) is 0 Å². The average molecular weight is 399 g/mol. The molecule has 1 aromatic heterocycles. The fourth-order valence-electron chi connectivity index (χ4n) is 3.37. The Bertz CT molecular complexity index is 788. The summed E-state index contributed by atoms with van der Waals surface area (Å²) in [5, 5.41) is 8.91. The minimum Gasteiger partial charge on any atom is -0.357 e. The Balaban J connectivity index is 1.63. The van der Waals surface area contributed by atoms with E-state index in [0.29, 0.717) is 25.4 Å². The lowest BCUT2D eigenvalue weighted by Gasteiger charge is -2.18. The highest BCUT2D eigenvalue weighted by Crippen LogP contribution is 2.20. The van der Waals surface area contributed by atoms with E-state index in [0.717, 1.165) is 32.0 Å². The van der Waals surface area contributed by atoms with Crippen LogP contribution in [0.5, 0.6) is 0 Å². The van der Waals surface area contributed by atoms with E-state index in [2.05, 4.69) is 54.1 Å². The van der Waals surface area contributed by atoms with Gasteiger partial charge in [0.25, 0.3) is 0 Å². The number of rotatable bonds is 8. The van der Waals surface area contributed by atoms with Gasteiger partial charge in [0.05, 0.1) is 6.54 Å². The number of hydrogen-bond donors (Lipinski definition) is 2. The summed E-state index contributed by atoms with van der Waals surface area (Å²) in [4.78, 5) is 20.1. The van der Waals surface area contributed by atoms with Gasteiger partial charge in [0.15, 0.2) is 5.96 Å². The molecule has 28 heavy (non-hydrogen) atoms. The summed E-state index contributed by atoms with van der Waals surface area (Å²) < 4.78 is 0. The van der Waals surface area contributed by atoms with Gasteiger partial charge in [-0.25, -0.2) is 4.99 Å². The minimum absolute atomic E-state index is 0.260. The summed E-state index contributed by atoms with van der Waals surface area (Å²) in [5.41, 5.74) is 2.36. The van der Waals surface area contributed by atoms with Crippen molar-refractivity contribution < 1.29 is 4.79 Å². The van der Waals surface area contributed by atoms with Crippen molar-refractivity contribution in [3.63, 3.8) is 0 Å². The van der Waals surface area contributed by atoms with Gasteiger partial charge >= 0.3 is 0 Å². The molecule has 0 spiro atoms. The minimum atomic E-state index is 0.260. The van der Waals surface area contributed by atoms with Crippen LogP contribution < -0.4 is 10.6 Å². The predicted molar refractivity (Wildman–Crippen MR) is 117 cm³/mol. The first-order chi connectivity index (χ1) is 13.7. The summed E-state index contributed by atoms with van der Waals surface area (Å²) >= 11 is 1.79. The monoisotopic (exact) mass is 398 g/mol. The molecule has 2 N–H and O–H groups in total. The molecule has 3 rings (SSSR count). The molecule has 150 valence electrons. The normalized spacial score (nSPS) is 15.7. The number of amides is 1. The van der Waals surface area contributed by atoms with Crippen LogP contribution in [-0.2, 0) is 17.9 Å².